The van der Waals surface area contributed by atoms with Gasteiger partial charge in [-0.2, -0.15) is 0 Å². The lowest BCUT2D eigenvalue weighted by Crippen LogP contribution is -2.06. The fourth-order valence-electron chi connectivity index (χ4n) is 2.29. The quantitative estimate of drug-likeness (QED) is 0.685. The van der Waals surface area contributed by atoms with Crippen molar-refractivity contribution >= 4 is 12.3 Å². The van der Waals surface area contributed by atoms with Crippen molar-refractivity contribution in [3.63, 3.8) is 0 Å². The van der Waals surface area contributed by atoms with Crippen LogP contribution in [0.2, 0.25) is 0 Å². The molecule has 20 heavy (non-hydrogen) atoms. The average Bonchev–Trinajstić information content (AvgIpc) is 2.85. The van der Waals surface area contributed by atoms with Crippen molar-refractivity contribution in [2.75, 3.05) is 7.11 Å². The minimum atomic E-state index is -0.514. The van der Waals surface area contributed by atoms with Gasteiger partial charge in [-0.1, -0.05) is 13.0 Å². The van der Waals surface area contributed by atoms with Gasteiger partial charge in [-0.05, 0) is 30.5 Å². The standard InChI is InChI=1S/C15H16N2O3/c1-4-10-12(15(19)20-3)11(8-18)17-14(10)13-9(2)6-5-7-16-13/h5-8,17H,4H2,1-3H3. The molecule has 0 aliphatic carbocycles. The molecule has 0 bridgehead atoms. The van der Waals surface area contributed by atoms with Crippen LogP contribution in [0, 0.1) is 6.92 Å². The molecule has 2 heterocycles. The van der Waals surface area contributed by atoms with Gasteiger partial charge in [0.15, 0.2) is 6.29 Å². The smallest absolute Gasteiger partial charge is 0.340 e. The molecule has 0 atom stereocenters. The molecule has 0 radical (unpaired) electrons. The number of pyridine rings is 1. The number of H-pyrrole nitrogens is 1. The molecule has 0 saturated heterocycles. The van der Waals surface area contributed by atoms with Gasteiger partial charge in [-0.25, -0.2) is 4.79 Å². The number of carbonyl (C=O) groups excluding carboxylic acids is 2. The maximum absolute atomic E-state index is 11.9. The number of nitrogens with one attached hydrogen (secondary N) is 1. The Morgan fingerprint density at radius 2 is 2.25 bits per heavy atom. The van der Waals surface area contributed by atoms with Gasteiger partial charge in [-0.15, -0.1) is 0 Å². The Kier molecular flexibility index (Phi) is 3.98. The van der Waals surface area contributed by atoms with E-state index in [1.54, 1.807) is 6.20 Å². The zero-order chi connectivity index (χ0) is 14.7. The molecule has 0 unspecified atom stereocenters. The van der Waals surface area contributed by atoms with Crippen LogP contribution in [0.4, 0.5) is 0 Å². The maximum Gasteiger partial charge on any atom is 0.340 e. The summed E-state index contributed by atoms with van der Waals surface area (Å²) in [5.74, 6) is -0.514. The minimum absolute atomic E-state index is 0.230. The molecule has 2 aromatic heterocycles. The molecule has 0 aliphatic rings. The topological polar surface area (TPSA) is 72.0 Å². The van der Waals surface area contributed by atoms with E-state index in [1.807, 2.05) is 26.0 Å². The molecule has 2 rings (SSSR count). The van der Waals surface area contributed by atoms with E-state index < -0.39 is 5.97 Å². The number of ether oxygens (including phenoxy) is 1. The third kappa shape index (κ3) is 2.22. The highest BCUT2D eigenvalue weighted by Gasteiger charge is 2.24. The number of aryl methyl sites for hydroxylation is 1. The van der Waals surface area contributed by atoms with Crippen molar-refractivity contribution in [2.45, 2.75) is 20.3 Å². The number of carbonyl (C=O) groups is 2. The van der Waals surface area contributed by atoms with Crippen LogP contribution >= 0.6 is 0 Å². The Labute approximate surface area is 117 Å². The van der Waals surface area contributed by atoms with Crippen molar-refractivity contribution < 1.29 is 14.3 Å². The molecule has 0 spiro atoms. The number of rotatable bonds is 4. The zero-order valence-corrected chi connectivity index (χ0v) is 11.7. The van der Waals surface area contributed by atoms with Gasteiger partial charge < -0.3 is 9.72 Å². The van der Waals surface area contributed by atoms with Crippen LogP contribution in [0.5, 0.6) is 0 Å². The van der Waals surface area contributed by atoms with Crippen LogP contribution in [0.15, 0.2) is 18.3 Å². The van der Waals surface area contributed by atoms with Crippen molar-refractivity contribution in [1.82, 2.24) is 9.97 Å². The highest BCUT2D eigenvalue weighted by atomic mass is 16.5. The second-order valence-electron chi connectivity index (χ2n) is 4.40. The second-order valence-corrected chi connectivity index (χ2v) is 4.40. The zero-order valence-electron chi connectivity index (χ0n) is 11.7. The first-order chi connectivity index (χ1) is 9.63. The summed E-state index contributed by atoms with van der Waals surface area (Å²) in [5, 5.41) is 0. The molecule has 5 nitrogen and oxygen atoms in total. The largest absolute Gasteiger partial charge is 0.465 e. The van der Waals surface area contributed by atoms with Crippen LogP contribution in [0.3, 0.4) is 0 Å². The predicted molar refractivity (Wildman–Crippen MR) is 74.9 cm³/mol. The van der Waals surface area contributed by atoms with Crippen molar-refractivity contribution in [3.05, 3.63) is 40.7 Å². The average molecular weight is 272 g/mol. The maximum atomic E-state index is 11.9. The highest BCUT2D eigenvalue weighted by Crippen LogP contribution is 2.29. The van der Waals surface area contributed by atoms with Gasteiger partial charge in [0.1, 0.15) is 0 Å². The molecule has 2 aromatic rings. The first kappa shape index (κ1) is 14.0. The van der Waals surface area contributed by atoms with E-state index in [9.17, 15) is 9.59 Å². The Bertz CT molecular complexity index is 659. The van der Waals surface area contributed by atoms with E-state index >= 15 is 0 Å². The number of methoxy groups -OCH3 is 1. The van der Waals surface area contributed by atoms with E-state index in [-0.39, 0.29) is 5.69 Å². The van der Waals surface area contributed by atoms with Gasteiger partial charge in [-0.3, -0.25) is 9.78 Å². The summed E-state index contributed by atoms with van der Waals surface area (Å²) in [5.41, 5.74) is 3.69. The van der Waals surface area contributed by atoms with Crippen LogP contribution in [0.1, 0.15) is 38.9 Å². The van der Waals surface area contributed by atoms with Crippen molar-refractivity contribution in [3.8, 4) is 11.4 Å². The predicted octanol–water partition coefficient (Wildman–Crippen LogP) is 2.55. The lowest BCUT2D eigenvalue weighted by molar-refractivity contribution is 0.0597. The molecule has 0 fully saturated rings. The van der Waals surface area contributed by atoms with Gasteiger partial charge in [0.25, 0.3) is 0 Å². The molecule has 0 saturated carbocycles. The SMILES string of the molecule is CCc1c(-c2ncccc2C)[nH]c(C=O)c1C(=O)OC. The van der Waals surface area contributed by atoms with Crippen molar-refractivity contribution in [2.24, 2.45) is 0 Å². The summed E-state index contributed by atoms with van der Waals surface area (Å²) < 4.78 is 4.76. The normalized spacial score (nSPS) is 10.3. The van der Waals surface area contributed by atoms with E-state index in [4.69, 9.17) is 4.74 Å². The fourth-order valence-corrected chi connectivity index (χ4v) is 2.29. The summed E-state index contributed by atoms with van der Waals surface area (Å²) >= 11 is 0. The van der Waals surface area contributed by atoms with Crippen LogP contribution < -0.4 is 0 Å². The fraction of sp³-hybridized carbons (Fsp3) is 0.267. The Balaban J connectivity index is 2.72. The Morgan fingerprint density at radius 3 is 2.80 bits per heavy atom. The number of aromatic amines is 1. The molecule has 1 N–H and O–H groups in total. The van der Waals surface area contributed by atoms with Gasteiger partial charge in [0.2, 0.25) is 0 Å². The number of nitrogens with zero attached hydrogens (tertiary/aromatic N) is 1. The Morgan fingerprint density at radius 1 is 1.50 bits per heavy atom. The molecular weight excluding hydrogens is 256 g/mol. The Hall–Kier alpha value is -2.43. The van der Waals surface area contributed by atoms with Crippen LogP contribution in [0.25, 0.3) is 11.4 Å². The molecule has 0 aromatic carbocycles. The number of hydrogen-bond donors (Lipinski definition) is 1. The third-order valence-corrected chi connectivity index (χ3v) is 3.24. The van der Waals surface area contributed by atoms with Crippen molar-refractivity contribution in [1.29, 1.82) is 0 Å². The molecule has 0 amide bonds. The molecule has 5 heteroatoms. The number of esters is 1. The summed E-state index contributed by atoms with van der Waals surface area (Å²) in [4.78, 5) is 30.4. The summed E-state index contributed by atoms with van der Waals surface area (Å²) in [6, 6.07) is 3.77. The lowest BCUT2D eigenvalue weighted by Gasteiger charge is -2.06. The highest BCUT2D eigenvalue weighted by molar-refractivity contribution is 6.01. The number of hydrogen-bond acceptors (Lipinski definition) is 4. The summed E-state index contributed by atoms with van der Waals surface area (Å²) in [6.07, 6.45) is 2.91. The van der Waals surface area contributed by atoms with Crippen LogP contribution in [-0.2, 0) is 11.2 Å². The van der Waals surface area contributed by atoms with E-state index in [0.717, 1.165) is 16.8 Å². The number of aromatic nitrogens is 2. The first-order valence-electron chi connectivity index (χ1n) is 6.34. The monoisotopic (exact) mass is 272 g/mol. The van der Waals surface area contributed by atoms with E-state index in [0.29, 0.717) is 24.0 Å². The van der Waals surface area contributed by atoms with Gasteiger partial charge in [0.05, 0.1) is 29.8 Å². The lowest BCUT2D eigenvalue weighted by atomic mass is 10.0. The summed E-state index contributed by atoms with van der Waals surface area (Å²) in [6.45, 7) is 3.85. The minimum Gasteiger partial charge on any atom is -0.465 e. The van der Waals surface area contributed by atoms with E-state index in [2.05, 4.69) is 9.97 Å². The van der Waals surface area contributed by atoms with Crippen LogP contribution in [-0.4, -0.2) is 29.3 Å². The summed E-state index contributed by atoms with van der Waals surface area (Å²) in [7, 11) is 1.30. The molecular formula is C15H16N2O3. The molecule has 104 valence electrons. The van der Waals surface area contributed by atoms with Gasteiger partial charge in [0, 0.05) is 6.20 Å². The molecule has 0 aliphatic heterocycles. The third-order valence-electron chi connectivity index (χ3n) is 3.24. The van der Waals surface area contributed by atoms with Gasteiger partial charge >= 0.3 is 5.97 Å². The van der Waals surface area contributed by atoms with E-state index in [1.165, 1.54) is 7.11 Å². The first-order valence-corrected chi connectivity index (χ1v) is 6.34. The number of aldehydes is 1. The second kappa shape index (κ2) is 5.69.